The van der Waals surface area contributed by atoms with Gasteiger partial charge in [-0.25, -0.2) is 26.3 Å². The van der Waals surface area contributed by atoms with Gasteiger partial charge in [0.05, 0.1) is 29.0 Å². The first-order chi connectivity index (χ1) is 17.7. The van der Waals surface area contributed by atoms with Crippen LogP contribution < -0.4 is 28.3 Å². The first-order valence-electron chi connectivity index (χ1n) is 11.2. The van der Waals surface area contributed by atoms with Crippen LogP contribution in [0.2, 0.25) is 0 Å². The molecule has 1 saturated carbocycles. The number of rotatable bonds is 7. The molecule has 2 amide bonds. The second kappa shape index (κ2) is 10.2. The summed E-state index contributed by atoms with van der Waals surface area (Å²) < 4.78 is 83.1. The topological polar surface area (TPSA) is 180 Å². The molecule has 0 unspecified atom stereocenters. The van der Waals surface area contributed by atoms with Gasteiger partial charge in [0.25, 0.3) is 29.9 Å². The monoisotopic (exact) mass is 567 g/mol. The third-order valence-corrected chi connectivity index (χ3v) is 6.64. The number of pyridine rings is 1. The predicted molar refractivity (Wildman–Crippen MR) is 132 cm³/mol. The zero-order valence-electron chi connectivity index (χ0n) is 20.5. The number of alkyl halides is 5. The van der Waals surface area contributed by atoms with Gasteiger partial charge in [0.15, 0.2) is 5.82 Å². The van der Waals surface area contributed by atoms with E-state index in [0.29, 0.717) is 0 Å². The number of halogens is 6. The van der Waals surface area contributed by atoms with Gasteiger partial charge >= 0.3 is 0 Å². The second-order valence-electron chi connectivity index (χ2n) is 9.22. The van der Waals surface area contributed by atoms with Crippen molar-refractivity contribution in [1.82, 2.24) is 21.0 Å². The Labute approximate surface area is 221 Å². The van der Waals surface area contributed by atoms with E-state index in [0.717, 1.165) is 23.0 Å². The standard InChI is InChI=1S/C23H22F6N6O3.H3N.3H2/c1-9-14(18(36)21(38)34-22(13(31)5-30)7-23(28,29)8-22)12-4-10(24)6-35(12)17(9)20(37)33-11-2-3-32-16(15(11)25)19(26)27;;;;/h2-3,5,10,19H,4,6-8,30-31H2,1H3,(H,34,38)(H,32,33,37);1H3;3*1H/b13-5-;;;;/t10-;;;;/m1..../s1. The number of ketones is 1. The number of fused-ring (bicyclic) bond motifs is 1. The van der Waals surface area contributed by atoms with Crippen LogP contribution in [0.25, 0.3) is 0 Å². The maximum atomic E-state index is 14.4. The second-order valence-corrected chi connectivity index (χ2v) is 9.22. The number of carbonyl (C=O) groups is 3. The van der Waals surface area contributed by atoms with Gasteiger partial charge in [-0.05, 0) is 18.6 Å². The fourth-order valence-electron chi connectivity index (χ4n) is 4.92. The van der Waals surface area contributed by atoms with Crippen LogP contribution in [0.15, 0.2) is 24.2 Å². The first-order valence-corrected chi connectivity index (χ1v) is 11.2. The van der Waals surface area contributed by atoms with Gasteiger partial charge in [0.1, 0.15) is 17.6 Å². The Kier molecular flexibility index (Phi) is 7.74. The summed E-state index contributed by atoms with van der Waals surface area (Å²) in [6.45, 7) is 0.900. The molecule has 9 N–H and O–H groups in total. The highest BCUT2D eigenvalue weighted by Gasteiger charge is 2.59. The van der Waals surface area contributed by atoms with E-state index in [2.05, 4.69) is 15.6 Å². The number of carbonyl (C=O) groups excluding carboxylic acids is 3. The quantitative estimate of drug-likeness (QED) is 0.193. The number of amides is 2. The van der Waals surface area contributed by atoms with Crippen molar-refractivity contribution < 1.29 is 45.0 Å². The van der Waals surface area contributed by atoms with Crippen molar-refractivity contribution in [3.05, 3.63) is 58.2 Å². The Balaban J connectivity index is 0.00000420. The molecule has 0 spiro atoms. The predicted octanol–water partition coefficient (Wildman–Crippen LogP) is 3.54. The van der Waals surface area contributed by atoms with Gasteiger partial charge in [-0.3, -0.25) is 19.4 Å². The van der Waals surface area contributed by atoms with Crippen molar-refractivity contribution in [2.45, 2.75) is 56.8 Å². The molecule has 2 aromatic heterocycles. The summed E-state index contributed by atoms with van der Waals surface area (Å²) in [5.74, 6) is -8.27. The Morgan fingerprint density at radius 1 is 1.28 bits per heavy atom. The summed E-state index contributed by atoms with van der Waals surface area (Å²) >= 11 is 0. The number of Topliss-reactive ketones (excluding diaryl/α,β-unsaturated/α-hetero) is 1. The van der Waals surface area contributed by atoms with Crippen molar-refractivity contribution in [2.75, 3.05) is 5.32 Å². The minimum atomic E-state index is -3.26. The number of hydrogen-bond acceptors (Lipinski definition) is 7. The summed E-state index contributed by atoms with van der Waals surface area (Å²) in [4.78, 5) is 42.3. The molecule has 0 saturated heterocycles. The zero-order chi connectivity index (χ0) is 28.2. The fourth-order valence-corrected chi connectivity index (χ4v) is 4.92. The molecule has 10 nitrogen and oxygen atoms in total. The van der Waals surface area contributed by atoms with Gasteiger partial charge in [-0.2, -0.15) is 0 Å². The summed E-state index contributed by atoms with van der Waals surface area (Å²) in [5, 5.41) is 4.31. The number of aromatic nitrogens is 2. The normalized spacial score (nSPS) is 19.1. The molecule has 4 rings (SSSR count). The fraction of sp³-hybridized carbons (Fsp3) is 0.391. The smallest absolute Gasteiger partial charge is 0.293 e. The van der Waals surface area contributed by atoms with E-state index >= 15 is 0 Å². The van der Waals surface area contributed by atoms with E-state index in [-0.39, 0.29) is 51.6 Å². The van der Waals surface area contributed by atoms with E-state index in [1.165, 1.54) is 6.92 Å². The van der Waals surface area contributed by atoms with Crippen molar-refractivity contribution in [3.63, 3.8) is 0 Å². The number of nitrogens with two attached hydrogens (primary N) is 2. The van der Waals surface area contributed by atoms with Crippen LogP contribution in [0, 0.1) is 12.7 Å². The number of hydrogen-bond donors (Lipinski definition) is 5. The molecule has 2 aromatic rings. The molecular formula is C23H31F6N7O3. The van der Waals surface area contributed by atoms with Crippen LogP contribution in [0.4, 0.5) is 32.0 Å². The third-order valence-electron chi connectivity index (χ3n) is 6.64. The Morgan fingerprint density at radius 2 is 1.92 bits per heavy atom. The number of nitrogens with zero attached hydrogens (tertiary/aromatic N) is 2. The molecule has 1 fully saturated rings. The highest BCUT2D eigenvalue weighted by Crippen LogP contribution is 2.48. The lowest BCUT2D eigenvalue weighted by Gasteiger charge is -2.47. The lowest BCUT2D eigenvalue weighted by molar-refractivity contribution is -0.137. The van der Waals surface area contributed by atoms with Crippen molar-refractivity contribution >= 4 is 23.3 Å². The van der Waals surface area contributed by atoms with Gasteiger partial charge in [-0.15, -0.1) is 0 Å². The molecular weight excluding hydrogens is 536 g/mol. The largest absolute Gasteiger partial charge is 0.403 e. The average molecular weight is 568 g/mol. The van der Waals surface area contributed by atoms with Crippen LogP contribution in [0.5, 0.6) is 0 Å². The van der Waals surface area contributed by atoms with Crippen molar-refractivity contribution in [3.8, 4) is 0 Å². The minimum Gasteiger partial charge on any atom is -0.403 e. The minimum absolute atomic E-state index is 0. The molecule has 1 atom stereocenters. The average Bonchev–Trinajstić information content (AvgIpc) is 3.30. The van der Waals surface area contributed by atoms with Crippen LogP contribution in [-0.4, -0.2) is 44.8 Å². The van der Waals surface area contributed by atoms with Gasteiger partial charge in [-0.1, -0.05) is 0 Å². The van der Waals surface area contributed by atoms with Gasteiger partial charge < -0.3 is 32.8 Å². The molecule has 16 heteroatoms. The highest BCUT2D eigenvalue weighted by molar-refractivity contribution is 6.44. The maximum absolute atomic E-state index is 14.4. The molecule has 39 heavy (non-hydrogen) atoms. The van der Waals surface area contributed by atoms with Crippen LogP contribution in [0.1, 0.15) is 61.3 Å². The Bertz CT molecular complexity index is 1380. The molecule has 1 aliphatic heterocycles. The molecule has 2 aliphatic rings. The highest BCUT2D eigenvalue weighted by atomic mass is 19.3. The first kappa shape index (κ1) is 29.5. The van der Waals surface area contributed by atoms with E-state index in [4.69, 9.17) is 11.5 Å². The van der Waals surface area contributed by atoms with Crippen LogP contribution in [0.3, 0.4) is 0 Å². The molecule has 0 aromatic carbocycles. The summed E-state index contributed by atoms with van der Waals surface area (Å²) in [5.41, 5.74) is 6.42. The molecule has 0 bridgehead atoms. The van der Waals surface area contributed by atoms with E-state index in [9.17, 15) is 40.7 Å². The Hall–Kier alpha value is -4.08. The van der Waals surface area contributed by atoms with Crippen LogP contribution >= 0.6 is 0 Å². The molecule has 0 radical (unpaired) electrons. The van der Waals surface area contributed by atoms with E-state index < -0.39 is 71.7 Å². The lowest BCUT2D eigenvalue weighted by Crippen LogP contribution is -2.65. The molecule has 218 valence electrons. The SMILES string of the molecule is Cc1c(C(=O)C(=O)NC2(/C(N)=C/N)CC(F)(F)C2)c2n(c1C(=O)Nc1ccnc(C(F)F)c1F)C[C@H](F)C2.N.[HH].[HH].[HH]. The van der Waals surface area contributed by atoms with Gasteiger partial charge in [0.2, 0.25) is 0 Å². The number of anilines is 1. The lowest BCUT2D eigenvalue weighted by atomic mass is 9.71. The van der Waals surface area contributed by atoms with E-state index in [1.54, 1.807) is 0 Å². The maximum Gasteiger partial charge on any atom is 0.293 e. The zero-order valence-corrected chi connectivity index (χ0v) is 20.5. The molecule has 1 aliphatic carbocycles. The summed E-state index contributed by atoms with van der Waals surface area (Å²) in [6.07, 6.45) is -5.27. The molecule has 3 heterocycles. The van der Waals surface area contributed by atoms with Crippen LogP contribution in [-0.2, 0) is 17.8 Å². The van der Waals surface area contributed by atoms with Crippen molar-refractivity contribution in [1.29, 1.82) is 0 Å². The Morgan fingerprint density at radius 3 is 2.49 bits per heavy atom. The van der Waals surface area contributed by atoms with E-state index in [1.807, 2.05) is 0 Å². The number of nitrogens with one attached hydrogen (secondary N) is 2. The summed E-state index contributed by atoms with van der Waals surface area (Å²) in [7, 11) is 0. The van der Waals surface area contributed by atoms with Crippen molar-refractivity contribution in [2.24, 2.45) is 11.5 Å². The summed E-state index contributed by atoms with van der Waals surface area (Å²) in [6, 6.07) is 0.933. The third kappa shape index (κ3) is 5.03. The van der Waals surface area contributed by atoms with Gasteiger partial charge in [0, 0.05) is 41.6 Å².